The lowest BCUT2D eigenvalue weighted by atomic mass is 9.99. The molecule has 0 spiro atoms. The summed E-state index contributed by atoms with van der Waals surface area (Å²) in [5, 5.41) is 1.32. The second-order valence-electron chi connectivity index (χ2n) is 4.72. The molecule has 0 radical (unpaired) electrons. The lowest BCUT2D eigenvalue weighted by molar-refractivity contribution is 0.0710. The van der Waals surface area contributed by atoms with Gasteiger partial charge in [0.2, 0.25) is 0 Å². The van der Waals surface area contributed by atoms with Gasteiger partial charge in [-0.3, -0.25) is 4.90 Å². The van der Waals surface area contributed by atoms with E-state index in [0.29, 0.717) is 0 Å². The van der Waals surface area contributed by atoms with Crippen LogP contribution in [0.4, 0.5) is 0 Å². The summed E-state index contributed by atoms with van der Waals surface area (Å²) in [7, 11) is 1.75. The highest BCUT2D eigenvalue weighted by molar-refractivity contribution is 5.92. The molecule has 2 aromatic rings. The van der Waals surface area contributed by atoms with Crippen molar-refractivity contribution in [3.05, 3.63) is 42.1 Å². The standard InChI is InChI=1S/C15H18N2O/c1-18-11-17-8-6-12(7-9-17)14-10-16-15-5-3-2-4-13(14)15/h2-6,10,16H,7-9,11H2,1H3. The number of aromatic amines is 1. The predicted molar refractivity (Wildman–Crippen MR) is 74.3 cm³/mol. The molecule has 1 aliphatic rings. The number of benzene rings is 1. The van der Waals surface area contributed by atoms with Gasteiger partial charge in [0.15, 0.2) is 0 Å². The molecule has 1 aliphatic heterocycles. The van der Waals surface area contributed by atoms with E-state index in [0.717, 1.165) is 26.2 Å². The normalized spacial score (nSPS) is 17.1. The van der Waals surface area contributed by atoms with Crippen LogP contribution in [0.1, 0.15) is 12.0 Å². The molecule has 3 nitrogen and oxygen atoms in total. The molecule has 0 atom stereocenters. The van der Waals surface area contributed by atoms with E-state index in [1.807, 2.05) is 0 Å². The van der Waals surface area contributed by atoms with Crippen molar-refractivity contribution in [3.63, 3.8) is 0 Å². The third kappa shape index (κ3) is 2.07. The highest BCUT2D eigenvalue weighted by atomic mass is 16.5. The first-order chi connectivity index (χ1) is 8.88. The molecule has 0 saturated heterocycles. The lowest BCUT2D eigenvalue weighted by Crippen LogP contribution is -2.30. The SMILES string of the molecule is COCN1CC=C(c2c[nH]c3ccccc23)CC1. The maximum absolute atomic E-state index is 5.17. The smallest absolute Gasteiger partial charge is 0.0989 e. The highest BCUT2D eigenvalue weighted by Gasteiger charge is 2.14. The van der Waals surface area contributed by atoms with Crippen molar-refractivity contribution >= 4 is 16.5 Å². The fourth-order valence-corrected chi connectivity index (χ4v) is 2.59. The van der Waals surface area contributed by atoms with Gasteiger partial charge >= 0.3 is 0 Å². The first-order valence-corrected chi connectivity index (χ1v) is 6.35. The minimum Gasteiger partial charge on any atom is -0.369 e. The minimum atomic E-state index is 0.720. The van der Waals surface area contributed by atoms with Gasteiger partial charge in [-0.25, -0.2) is 0 Å². The van der Waals surface area contributed by atoms with Crippen LogP contribution in [0.25, 0.3) is 16.5 Å². The maximum Gasteiger partial charge on any atom is 0.0989 e. The average molecular weight is 242 g/mol. The Morgan fingerprint density at radius 1 is 1.33 bits per heavy atom. The van der Waals surface area contributed by atoms with Gasteiger partial charge in [0.05, 0.1) is 6.73 Å². The predicted octanol–water partition coefficient (Wildman–Crippen LogP) is 2.86. The van der Waals surface area contributed by atoms with E-state index in [4.69, 9.17) is 4.74 Å². The van der Waals surface area contributed by atoms with Crippen LogP contribution < -0.4 is 0 Å². The summed E-state index contributed by atoms with van der Waals surface area (Å²) in [5.74, 6) is 0. The Balaban J connectivity index is 1.87. The quantitative estimate of drug-likeness (QED) is 0.896. The number of hydrogen-bond acceptors (Lipinski definition) is 2. The third-order valence-electron chi connectivity index (χ3n) is 3.54. The number of para-hydroxylation sites is 1. The summed E-state index contributed by atoms with van der Waals surface area (Å²) < 4.78 is 5.17. The van der Waals surface area contributed by atoms with Gasteiger partial charge in [-0.15, -0.1) is 0 Å². The average Bonchev–Trinajstić information content (AvgIpc) is 2.84. The molecular weight excluding hydrogens is 224 g/mol. The monoisotopic (exact) mass is 242 g/mol. The van der Waals surface area contributed by atoms with Crippen LogP contribution in [-0.2, 0) is 4.74 Å². The first-order valence-electron chi connectivity index (χ1n) is 6.35. The number of fused-ring (bicyclic) bond motifs is 1. The van der Waals surface area contributed by atoms with E-state index in [1.165, 1.54) is 22.0 Å². The van der Waals surface area contributed by atoms with E-state index < -0.39 is 0 Å². The molecule has 0 saturated carbocycles. The van der Waals surface area contributed by atoms with Crippen molar-refractivity contribution in [3.8, 4) is 0 Å². The Kier molecular flexibility index (Phi) is 3.17. The van der Waals surface area contributed by atoms with Crippen molar-refractivity contribution in [2.24, 2.45) is 0 Å². The number of rotatable bonds is 3. The van der Waals surface area contributed by atoms with Gasteiger partial charge in [-0.1, -0.05) is 24.3 Å². The van der Waals surface area contributed by atoms with E-state index in [9.17, 15) is 0 Å². The molecule has 1 N–H and O–H groups in total. The van der Waals surface area contributed by atoms with Gasteiger partial charge in [0.1, 0.15) is 0 Å². The zero-order chi connectivity index (χ0) is 12.4. The van der Waals surface area contributed by atoms with Gasteiger partial charge in [0, 0.05) is 42.9 Å². The van der Waals surface area contributed by atoms with Gasteiger partial charge in [-0.05, 0) is 18.1 Å². The number of methoxy groups -OCH3 is 1. The molecule has 94 valence electrons. The van der Waals surface area contributed by atoms with Crippen molar-refractivity contribution in [2.75, 3.05) is 26.9 Å². The van der Waals surface area contributed by atoms with Crippen LogP contribution >= 0.6 is 0 Å². The lowest BCUT2D eigenvalue weighted by Gasteiger charge is -2.25. The molecule has 0 aliphatic carbocycles. The molecule has 2 heterocycles. The largest absolute Gasteiger partial charge is 0.369 e. The van der Waals surface area contributed by atoms with Crippen LogP contribution in [0.3, 0.4) is 0 Å². The number of nitrogens with zero attached hydrogens (tertiary/aromatic N) is 1. The molecule has 0 bridgehead atoms. The molecule has 3 rings (SSSR count). The van der Waals surface area contributed by atoms with Gasteiger partial charge < -0.3 is 9.72 Å². The van der Waals surface area contributed by atoms with E-state index in [2.05, 4.69) is 46.4 Å². The van der Waals surface area contributed by atoms with Crippen LogP contribution in [0.15, 0.2) is 36.5 Å². The van der Waals surface area contributed by atoms with Crippen molar-refractivity contribution in [1.29, 1.82) is 0 Å². The van der Waals surface area contributed by atoms with Crippen molar-refractivity contribution in [2.45, 2.75) is 6.42 Å². The number of nitrogens with one attached hydrogen (secondary N) is 1. The molecule has 18 heavy (non-hydrogen) atoms. The highest BCUT2D eigenvalue weighted by Crippen LogP contribution is 2.28. The molecule has 1 aromatic carbocycles. The van der Waals surface area contributed by atoms with E-state index in [1.54, 1.807) is 7.11 Å². The molecule has 0 amide bonds. The Bertz CT molecular complexity index is 571. The Morgan fingerprint density at radius 3 is 3.00 bits per heavy atom. The molecule has 0 unspecified atom stereocenters. The summed E-state index contributed by atoms with van der Waals surface area (Å²) >= 11 is 0. The fraction of sp³-hybridized carbons (Fsp3) is 0.333. The maximum atomic E-state index is 5.17. The Morgan fingerprint density at radius 2 is 2.22 bits per heavy atom. The second kappa shape index (κ2) is 4.96. The summed E-state index contributed by atoms with van der Waals surface area (Å²) in [5.41, 5.74) is 4.01. The number of ether oxygens (including phenoxy) is 1. The van der Waals surface area contributed by atoms with Crippen molar-refractivity contribution in [1.82, 2.24) is 9.88 Å². The number of aromatic nitrogens is 1. The summed E-state index contributed by atoms with van der Waals surface area (Å²) in [4.78, 5) is 5.65. The zero-order valence-corrected chi connectivity index (χ0v) is 10.6. The van der Waals surface area contributed by atoms with E-state index in [-0.39, 0.29) is 0 Å². The number of hydrogen-bond donors (Lipinski definition) is 1. The van der Waals surface area contributed by atoms with Crippen LogP contribution in [0.2, 0.25) is 0 Å². The number of H-pyrrole nitrogens is 1. The molecule has 0 fully saturated rings. The Hall–Kier alpha value is -1.58. The molecular formula is C15H18N2O. The van der Waals surface area contributed by atoms with Crippen molar-refractivity contribution < 1.29 is 4.74 Å². The Labute approximate surface area is 107 Å². The van der Waals surface area contributed by atoms with Gasteiger partial charge in [0.25, 0.3) is 0 Å². The topological polar surface area (TPSA) is 28.3 Å². The van der Waals surface area contributed by atoms with E-state index >= 15 is 0 Å². The first kappa shape index (κ1) is 11.5. The summed E-state index contributed by atoms with van der Waals surface area (Å²) in [6, 6.07) is 8.47. The second-order valence-corrected chi connectivity index (χ2v) is 4.72. The van der Waals surface area contributed by atoms with Crippen LogP contribution in [-0.4, -0.2) is 36.8 Å². The van der Waals surface area contributed by atoms with Crippen LogP contribution in [0, 0.1) is 0 Å². The molecule has 3 heteroatoms. The third-order valence-corrected chi connectivity index (χ3v) is 3.54. The molecule has 1 aromatic heterocycles. The summed E-state index contributed by atoms with van der Waals surface area (Å²) in [6.45, 7) is 2.76. The fourth-order valence-electron chi connectivity index (χ4n) is 2.59. The minimum absolute atomic E-state index is 0.720. The van der Waals surface area contributed by atoms with Crippen LogP contribution in [0.5, 0.6) is 0 Å². The van der Waals surface area contributed by atoms with Gasteiger partial charge in [-0.2, -0.15) is 0 Å². The summed E-state index contributed by atoms with van der Waals surface area (Å²) in [6.07, 6.45) is 5.53. The zero-order valence-electron chi connectivity index (χ0n) is 10.6.